The predicted octanol–water partition coefficient (Wildman–Crippen LogP) is 2.44. The number of imide groups is 2. The second kappa shape index (κ2) is 10.6. The maximum absolute atomic E-state index is 12.6. The number of amides is 6. The maximum atomic E-state index is 12.6. The maximum Gasteiger partial charge on any atom is 0.332 e. The molecule has 0 saturated carbocycles. The Bertz CT molecular complexity index is 855. The zero-order valence-corrected chi connectivity index (χ0v) is 16.1. The van der Waals surface area contributed by atoms with Crippen molar-refractivity contribution in [1.29, 1.82) is 0 Å². The summed E-state index contributed by atoms with van der Waals surface area (Å²) in [6.07, 6.45) is 0.449. The van der Waals surface area contributed by atoms with Gasteiger partial charge < -0.3 is 5.32 Å². The van der Waals surface area contributed by atoms with Gasteiger partial charge in [0.05, 0.1) is 6.42 Å². The molecule has 2 rings (SSSR count). The quantitative estimate of drug-likeness (QED) is 0.748. The van der Waals surface area contributed by atoms with Gasteiger partial charge in [-0.3, -0.25) is 20.6 Å². The summed E-state index contributed by atoms with van der Waals surface area (Å²) in [5, 5.41) is 4.59. The molecule has 0 aromatic heterocycles. The van der Waals surface area contributed by atoms with Crippen LogP contribution in [-0.2, 0) is 16.0 Å². The second-order valence-electron chi connectivity index (χ2n) is 6.32. The van der Waals surface area contributed by atoms with Crippen LogP contribution < -0.4 is 16.4 Å². The van der Waals surface area contributed by atoms with Crippen molar-refractivity contribution < 1.29 is 19.2 Å². The Morgan fingerprint density at radius 3 is 2.07 bits per heavy atom. The molecule has 0 aliphatic carbocycles. The van der Waals surface area contributed by atoms with Gasteiger partial charge in [-0.05, 0) is 17.5 Å². The van der Waals surface area contributed by atoms with Crippen LogP contribution in [-0.4, -0.2) is 35.3 Å². The molecular weight excluding hydrogens is 372 g/mol. The molecule has 151 valence electrons. The first kappa shape index (κ1) is 21.6. The number of rotatable bonds is 7. The minimum absolute atomic E-state index is 0.00793. The number of carbonyl (C=O) groups excluding carboxylic acids is 4. The van der Waals surface area contributed by atoms with E-state index in [0.29, 0.717) is 12.0 Å². The third-order valence-electron chi connectivity index (χ3n) is 4.05. The third-order valence-corrected chi connectivity index (χ3v) is 4.05. The van der Waals surface area contributed by atoms with Crippen molar-refractivity contribution in [2.75, 3.05) is 6.54 Å². The van der Waals surface area contributed by atoms with E-state index in [0.717, 1.165) is 10.5 Å². The molecule has 1 radical (unpaired) electrons. The molecular formula is C21H23N4O4. The van der Waals surface area contributed by atoms with Gasteiger partial charge in [0.25, 0.3) is 5.91 Å². The minimum atomic E-state index is -1.21. The normalized spacial score (nSPS) is 11.2. The molecule has 3 N–H and O–H groups in total. The predicted molar refractivity (Wildman–Crippen MR) is 107 cm³/mol. The number of hydrogen-bond donors (Lipinski definition) is 2. The molecule has 2 aromatic carbocycles. The second-order valence-corrected chi connectivity index (χ2v) is 6.32. The van der Waals surface area contributed by atoms with E-state index in [1.54, 1.807) is 61.5 Å². The Balaban J connectivity index is 2.06. The van der Waals surface area contributed by atoms with Gasteiger partial charge in [0.15, 0.2) is 0 Å². The fourth-order valence-electron chi connectivity index (χ4n) is 2.68. The van der Waals surface area contributed by atoms with Gasteiger partial charge in [0, 0.05) is 6.54 Å². The van der Waals surface area contributed by atoms with E-state index in [2.05, 4.69) is 10.6 Å². The van der Waals surface area contributed by atoms with E-state index in [4.69, 9.17) is 5.73 Å². The lowest BCUT2D eigenvalue weighted by Gasteiger charge is -2.23. The summed E-state index contributed by atoms with van der Waals surface area (Å²) in [6, 6.07) is 14.2. The fourth-order valence-corrected chi connectivity index (χ4v) is 2.68. The summed E-state index contributed by atoms with van der Waals surface area (Å²) >= 11 is 0. The number of hydrogen-bond acceptors (Lipinski definition) is 4. The summed E-state index contributed by atoms with van der Waals surface area (Å²) in [7, 11) is 0. The molecule has 0 aliphatic heterocycles. The molecule has 6 amide bonds. The van der Waals surface area contributed by atoms with Crippen LogP contribution in [0.3, 0.4) is 0 Å². The zero-order valence-electron chi connectivity index (χ0n) is 16.1. The van der Waals surface area contributed by atoms with Gasteiger partial charge in [-0.25, -0.2) is 14.5 Å². The number of urea groups is 2. The summed E-state index contributed by atoms with van der Waals surface area (Å²) in [5.41, 5.74) is 8.59. The average Bonchev–Trinajstić information content (AvgIpc) is 2.71. The average molecular weight is 395 g/mol. The van der Waals surface area contributed by atoms with Crippen molar-refractivity contribution in [3.05, 3.63) is 71.8 Å². The zero-order chi connectivity index (χ0) is 21.2. The highest BCUT2D eigenvalue weighted by molar-refractivity contribution is 6.02. The summed E-state index contributed by atoms with van der Waals surface area (Å²) in [4.78, 5) is 49.7. The van der Waals surface area contributed by atoms with Crippen LogP contribution in [0.25, 0.3) is 0 Å². The van der Waals surface area contributed by atoms with Crippen LogP contribution in [0.1, 0.15) is 30.5 Å². The number of carbonyl (C=O) groups is 4. The van der Waals surface area contributed by atoms with E-state index in [1.807, 2.05) is 6.07 Å². The number of nitrogens with zero attached hydrogens (tertiary/aromatic N) is 1. The summed E-state index contributed by atoms with van der Waals surface area (Å²) in [6.45, 7) is 1.81. The Labute approximate surface area is 169 Å². The first-order valence-electron chi connectivity index (χ1n) is 9.18. The first-order valence-corrected chi connectivity index (χ1v) is 9.18. The van der Waals surface area contributed by atoms with Crippen molar-refractivity contribution in [1.82, 2.24) is 21.3 Å². The molecule has 2 aromatic rings. The van der Waals surface area contributed by atoms with Gasteiger partial charge in [0.1, 0.15) is 6.04 Å². The van der Waals surface area contributed by atoms with Crippen molar-refractivity contribution in [3.8, 4) is 0 Å². The van der Waals surface area contributed by atoms with Gasteiger partial charge in [0.2, 0.25) is 5.91 Å². The van der Waals surface area contributed by atoms with Crippen LogP contribution in [0.2, 0.25) is 0 Å². The van der Waals surface area contributed by atoms with Crippen LogP contribution >= 0.6 is 0 Å². The molecule has 1 unspecified atom stereocenters. The number of nitrogens with one attached hydrogen (secondary N) is 3. The first-order chi connectivity index (χ1) is 13.9. The summed E-state index contributed by atoms with van der Waals surface area (Å²) < 4.78 is 0. The van der Waals surface area contributed by atoms with Gasteiger partial charge in [-0.2, -0.15) is 0 Å². The molecule has 0 aliphatic rings. The topological polar surface area (TPSA) is 119 Å². The largest absolute Gasteiger partial charge is 0.332 e. The molecule has 8 nitrogen and oxygen atoms in total. The van der Waals surface area contributed by atoms with Crippen LogP contribution in [0, 0.1) is 0 Å². The van der Waals surface area contributed by atoms with E-state index in [-0.39, 0.29) is 13.0 Å². The lowest BCUT2D eigenvalue weighted by molar-refractivity contribution is -0.121. The molecule has 0 heterocycles. The highest BCUT2D eigenvalue weighted by Crippen LogP contribution is 2.13. The van der Waals surface area contributed by atoms with Gasteiger partial charge >= 0.3 is 12.1 Å². The number of benzene rings is 2. The highest BCUT2D eigenvalue weighted by atomic mass is 16.2. The smallest absolute Gasteiger partial charge is 0.322 e. The van der Waals surface area contributed by atoms with E-state index in [1.165, 1.54) is 0 Å². The van der Waals surface area contributed by atoms with Crippen LogP contribution in [0.5, 0.6) is 0 Å². The monoisotopic (exact) mass is 395 g/mol. The van der Waals surface area contributed by atoms with Gasteiger partial charge in [-0.15, -0.1) is 0 Å². The Kier molecular flexibility index (Phi) is 7.90. The summed E-state index contributed by atoms with van der Waals surface area (Å²) in [5.74, 6) is -1.56. The standard InChI is InChI=1S/C21H23N4O4/c1-2-13-25(20(28)23-17(26)14-15-9-5-3-6-10-15)21(29)24-18(19(22)27)16-11-7-4-8-12-16/h3-12,18,22H,2,13-14H2,1H3,(H,24,29)(H,23,26,28). The Hall–Kier alpha value is -3.68. The van der Waals surface area contributed by atoms with Crippen LogP contribution in [0.15, 0.2) is 60.7 Å². The SMILES string of the molecule is CCCN(C(=O)NC(=O)Cc1ccccc1)C(=O)NC(C([NH])=O)c1ccccc1. The van der Waals surface area contributed by atoms with E-state index >= 15 is 0 Å². The Morgan fingerprint density at radius 1 is 0.931 bits per heavy atom. The van der Waals surface area contributed by atoms with Gasteiger partial charge in [-0.1, -0.05) is 67.6 Å². The molecule has 0 bridgehead atoms. The Morgan fingerprint density at radius 2 is 1.52 bits per heavy atom. The molecule has 1 atom stereocenters. The molecule has 0 spiro atoms. The lowest BCUT2D eigenvalue weighted by atomic mass is 10.1. The molecule has 0 saturated heterocycles. The lowest BCUT2D eigenvalue weighted by Crippen LogP contribution is -2.52. The van der Waals surface area contributed by atoms with Crippen molar-refractivity contribution in [2.24, 2.45) is 0 Å². The van der Waals surface area contributed by atoms with Crippen molar-refractivity contribution in [3.63, 3.8) is 0 Å². The van der Waals surface area contributed by atoms with Crippen molar-refractivity contribution >= 4 is 23.9 Å². The fraction of sp³-hybridized carbons (Fsp3) is 0.238. The molecule has 8 heteroatoms. The third kappa shape index (κ3) is 6.46. The van der Waals surface area contributed by atoms with Crippen molar-refractivity contribution in [2.45, 2.75) is 25.8 Å². The van der Waals surface area contributed by atoms with E-state index < -0.39 is 29.9 Å². The molecule has 0 fully saturated rings. The molecule has 29 heavy (non-hydrogen) atoms. The van der Waals surface area contributed by atoms with E-state index in [9.17, 15) is 19.2 Å². The highest BCUT2D eigenvalue weighted by Gasteiger charge is 2.27. The van der Waals surface area contributed by atoms with Crippen LogP contribution in [0.4, 0.5) is 9.59 Å². The minimum Gasteiger partial charge on any atom is -0.322 e.